The number of nitrogens with zero attached hydrogens (tertiary/aromatic N) is 1. The van der Waals surface area contributed by atoms with E-state index in [1.54, 1.807) is 18.0 Å². The van der Waals surface area contributed by atoms with E-state index in [-0.39, 0.29) is 30.2 Å². The van der Waals surface area contributed by atoms with E-state index in [1.807, 2.05) is 6.07 Å². The lowest BCUT2D eigenvalue weighted by molar-refractivity contribution is -0.132. The summed E-state index contributed by atoms with van der Waals surface area (Å²) in [6, 6.07) is 6.92. The molecule has 1 saturated carbocycles. The maximum absolute atomic E-state index is 13.2. The van der Waals surface area contributed by atoms with Gasteiger partial charge in [-0.1, -0.05) is 25.0 Å². The number of hydrogen-bond donors (Lipinski definition) is 1. The molecular weight excluding hydrogens is 303 g/mol. The molecule has 2 aliphatic rings. The third-order valence-electron chi connectivity index (χ3n) is 4.85. The first-order valence-electron chi connectivity index (χ1n) is 7.89. The van der Waals surface area contributed by atoms with Crippen molar-refractivity contribution in [2.75, 3.05) is 7.05 Å². The minimum absolute atomic E-state index is 0. The summed E-state index contributed by atoms with van der Waals surface area (Å²) in [6.07, 6.45) is 5.96. The summed E-state index contributed by atoms with van der Waals surface area (Å²) in [5.41, 5.74) is 0.835. The zero-order valence-corrected chi connectivity index (χ0v) is 13.7. The van der Waals surface area contributed by atoms with Gasteiger partial charge in [-0.15, -0.1) is 12.4 Å². The highest BCUT2D eigenvalue weighted by molar-refractivity contribution is 5.85. The molecule has 0 radical (unpaired) electrons. The summed E-state index contributed by atoms with van der Waals surface area (Å²) in [7, 11) is 1.80. The van der Waals surface area contributed by atoms with Gasteiger partial charge in [0, 0.05) is 19.6 Å². The van der Waals surface area contributed by atoms with Crippen LogP contribution in [-0.2, 0) is 11.3 Å². The van der Waals surface area contributed by atoms with E-state index in [0.29, 0.717) is 18.5 Å². The van der Waals surface area contributed by atoms with Crippen molar-refractivity contribution in [3.05, 3.63) is 35.6 Å². The number of carbonyl (C=O) groups is 1. The third kappa shape index (κ3) is 3.79. The molecule has 1 aliphatic carbocycles. The Labute approximate surface area is 137 Å². The van der Waals surface area contributed by atoms with Crippen LogP contribution < -0.4 is 5.32 Å². The van der Waals surface area contributed by atoms with Crippen molar-refractivity contribution >= 4 is 18.3 Å². The first-order valence-corrected chi connectivity index (χ1v) is 7.89. The van der Waals surface area contributed by atoms with Crippen LogP contribution in [0, 0.1) is 11.7 Å². The monoisotopic (exact) mass is 326 g/mol. The zero-order valence-electron chi connectivity index (χ0n) is 12.9. The number of amides is 1. The summed E-state index contributed by atoms with van der Waals surface area (Å²) < 4.78 is 13.2. The Kier molecular flexibility index (Phi) is 5.81. The van der Waals surface area contributed by atoms with E-state index in [1.165, 1.54) is 37.8 Å². The van der Waals surface area contributed by atoms with Crippen molar-refractivity contribution in [3.8, 4) is 0 Å². The predicted molar refractivity (Wildman–Crippen MR) is 87.4 cm³/mol. The minimum atomic E-state index is -0.252. The van der Waals surface area contributed by atoms with Crippen molar-refractivity contribution in [2.24, 2.45) is 5.92 Å². The lowest BCUT2D eigenvalue weighted by Crippen LogP contribution is -2.43. The van der Waals surface area contributed by atoms with Crippen LogP contribution >= 0.6 is 12.4 Å². The maximum Gasteiger partial charge on any atom is 0.239 e. The molecule has 1 heterocycles. The summed E-state index contributed by atoms with van der Waals surface area (Å²) in [5.74, 6) is 0.544. The fraction of sp³-hybridized carbons (Fsp3) is 0.588. The topological polar surface area (TPSA) is 32.3 Å². The molecule has 1 aromatic carbocycles. The van der Waals surface area contributed by atoms with Crippen LogP contribution in [0.5, 0.6) is 0 Å². The Morgan fingerprint density at radius 2 is 2.14 bits per heavy atom. The normalized spacial score (nSPS) is 26.9. The molecule has 0 aromatic heterocycles. The standard InChI is InChI=1S/C17H23FN2O.ClH/c1-20(11-12-5-4-7-14(18)9-12)17(21)16-10-13-6-2-3-8-15(13)19-16;/h4-5,7,9,13,15-16,19H,2-3,6,8,10-11H2,1H3;1H. The number of rotatable bonds is 3. The number of carbonyl (C=O) groups excluding carboxylic acids is 1. The van der Waals surface area contributed by atoms with Crippen molar-refractivity contribution in [2.45, 2.75) is 50.7 Å². The molecule has 1 aromatic rings. The molecule has 2 fully saturated rings. The lowest BCUT2D eigenvalue weighted by atomic mass is 9.85. The maximum atomic E-state index is 13.2. The minimum Gasteiger partial charge on any atom is -0.340 e. The summed E-state index contributed by atoms with van der Waals surface area (Å²) in [4.78, 5) is 14.3. The van der Waals surface area contributed by atoms with Crippen molar-refractivity contribution in [3.63, 3.8) is 0 Å². The first-order chi connectivity index (χ1) is 10.1. The van der Waals surface area contributed by atoms with Crippen LogP contribution in [0.25, 0.3) is 0 Å². The quantitative estimate of drug-likeness (QED) is 0.925. The average molecular weight is 327 g/mol. The molecule has 5 heteroatoms. The number of fused-ring (bicyclic) bond motifs is 1. The largest absolute Gasteiger partial charge is 0.340 e. The lowest BCUT2D eigenvalue weighted by Gasteiger charge is -2.24. The number of likely N-dealkylation sites (N-methyl/N-ethyl adjacent to an activating group) is 1. The Morgan fingerprint density at radius 3 is 2.86 bits per heavy atom. The summed E-state index contributed by atoms with van der Waals surface area (Å²) in [5, 5.41) is 3.51. The smallest absolute Gasteiger partial charge is 0.239 e. The van der Waals surface area contributed by atoms with E-state index in [2.05, 4.69) is 5.32 Å². The number of halogens is 2. The molecule has 1 N–H and O–H groups in total. The van der Waals surface area contributed by atoms with Crippen LogP contribution in [0.15, 0.2) is 24.3 Å². The van der Waals surface area contributed by atoms with Crippen molar-refractivity contribution in [1.82, 2.24) is 10.2 Å². The number of benzene rings is 1. The molecule has 3 rings (SSSR count). The van der Waals surface area contributed by atoms with E-state index in [0.717, 1.165) is 12.0 Å². The van der Waals surface area contributed by atoms with Gasteiger partial charge >= 0.3 is 0 Å². The van der Waals surface area contributed by atoms with Crippen LogP contribution in [0.2, 0.25) is 0 Å². The van der Waals surface area contributed by atoms with Crippen molar-refractivity contribution in [1.29, 1.82) is 0 Å². The molecule has 1 aliphatic heterocycles. The fourth-order valence-electron chi connectivity index (χ4n) is 3.76. The van der Waals surface area contributed by atoms with Gasteiger partial charge in [0.2, 0.25) is 5.91 Å². The Hall–Kier alpha value is -1.13. The van der Waals surface area contributed by atoms with Crippen LogP contribution in [-0.4, -0.2) is 29.9 Å². The van der Waals surface area contributed by atoms with Gasteiger partial charge in [0.25, 0.3) is 0 Å². The van der Waals surface area contributed by atoms with Gasteiger partial charge in [0.05, 0.1) is 6.04 Å². The molecule has 1 amide bonds. The van der Waals surface area contributed by atoms with E-state index in [4.69, 9.17) is 0 Å². The second-order valence-electron chi connectivity index (χ2n) is 6.43. The van der Waals surface area contributed by atoms with E-state index >= 15 is 0 Å². The molecule has 0 bridgehead atoms. The fourth-order valence-corrected chi connectivity index (χ4v) is 3.76. The summed E-state index contributed by atoms with van der Waals surface area (Å²) in [6.45, 7) is 0.462. The van der Waals surface area contributed by atoms with Gasteiger partial charge in [-0.05, 0) is 42.9 Å². The van der Waals surface area contributed by atoms with Gasteiger partial charge in [0.1, 0.15) is 5.82 Å². The highest BCUT2D eigenvalue weighted by atomic mass is 35.5. The molecule has 3 nitrogen and oxygen atoms in total. The molecule has 22 heavy (non-hydrogen) atoms. The molecular formula is C17H24ClFN2O. The molecule has 122 valence electrons. The van der Waals surface area contributed by atoms with Crippen molar-refractivity contribution < 1.29 is 9.18 Å². The van der Waals surface area contributed by atoms with Crippen LogP contribution in [0.1, 0.15) is 37.7 Å². The summed E-state index contributed by atoms with van der Waals surface area (Å²) >= 11 is 0. The van der Waals surface area contributed by atoms with Gasteiger partial charge in [-0.25, -0.2) is 4.39 Å². The van der Waals surface area contributed by atoms with Crippen LogP contribution in [0.3, 0.4) is 0 Å². The number of hydrogen-bond acceptors (Lipinski definition) is 2. The highest BCUT2D eigenvalue weighted by Crippen LogP contribution is 2.33. The Morgan fingerprint density at radius 1 is 1.36 bits per heavy atom. The van der Waals surface area contributed by atoms with Crippen LogP contribution in [0.4, 0.5) is 4.39 Å². The Bertz CT molecular complexity index is 511. The highest BCUT2D eigenvalue weighted by Gasteiger charge is 2.39. The number of nitrogens with one attached hydrogen (secondary N) is 1. The molecule has 3 unspecified atom stereocenters. The molecule has 1 saturated heterocycles. The molecule has 0 spiro atoms. The van der Waals surface area contributed by atoms with E-state index < -0.39 is 0 Å². The zero-order chi connectivity index (χ0) is 14.8. The van der Waals surface area contributed by atoms with E-state index in [9.17, 15) is 9.18 Å². The predicted octanol–water partition coefficient (Wildman–Crippen LogP) is 3.13. The second-order valence-corrected chi connectivity index (χ2v) is 6.43. The SMILES string of the molecule is CN(Cc1cccc(F)c1)C(=O)C1CC2CCCCC2N1.Cl. The second kappa shape index (κ2) is 7.42. The van der Waals surface area contributed by atoms with Gasteiger partial charge in [-0.2, -0.15) is 0 Å². The Balaban J connectivity index is 0.00000176. The van der Waals surface area contributed by atoms with Gasteiger partial charge < -0.3 is 10.2 Å². The third-order valence-corrected chi connectivity index (χ3v) is 4.85. The molecule has 3 atom stereocenters. The first kappa shape index (κ1) is 17.2. The van der Waals surface area contributed by atoms with Gasteiger partial charge in [-0.3, -0.25) is 4.79 Å². The average Bonchev–Trinajstić information content (AvgIpc) is 2.90. The van der Waals surface area contributed by atoms with Gasteiger partial charge in [0.15, 0.2) is 0 Å².